The van der Waals surface area contributed by atoms with Crippen LogP contribution >= 0.6 is 0 Å². The molecule has 3 rings (SSSR count). The molecule has 1 fully saturated rings. The van der Waals surface area contributed by atoms with Crippen molar-refractivity contribution in [3.63, 3.8) is 0 Å². The first-order valence-corrected chi connectivity index (χ1v) is 8.96. The van der Waals surface area contributed by atoms with Gasteiger partial charge in [-0.15, -0.1) is 4.40 Å². The van der Waals surface area contributed by atoms with Gasteiger partial charge in [0.05, 0.1) is 0 Å². The summed E-state index contributed by atoms with van der Waals surface area (Å²) in [5, 5.41) is 3.39. The summed E-state index contributed by atoms with van der Waals surface area (Å²) < 4.78 is 28.2. The zero-order valence-electron chi connectivity index (χ0n) is 12.2. The number of amidine groups is 1. The van der Waals surface area contributed by atoms with Gasteiger partial charge in [0.25, 0.3) is 10.0 Å². The van der Waals surface area contributed by atoms with Crippen molar-refractivity contribution >= 4 is 15.9 Å². The molecule has 2 aliphatic rings. The molecule has 6 heteroatoms. The quantitative estimate of drug-likeness (QED) is 0.918. The Morgan fingerprint density at radius 1 is 1.29 bits per heavy atom. The summed E-state index contributed by atoms with van der Waals surface area (Å²) in [5.41, 5.74) is 0.752. The second kappa shape index (κ2) is 5.77. The van der Waals surface area contributed by atoms with Crippen LogP contribution in [0.5, 0.6) is 0 Å². The Morgan fingerprint density at radius 2 is 2.00 bits per heavy atom. The van der Waals surface area contributed by atoms with Gasteiger partial charge in [-0.3, -0.25) is 0 Å². The average Bonchev–Trinajstić information content (AvgIpc) is 2.78. The molecule has 2 aliphatic heterocycles. The molecule has 0 bridgehead atoms. The van der Waals surface area contributed by atoms with Crippen LogP contribution in [0.2, 0.25) is 0 Å². The maximum absolute atomic E-state index is 12.1. The van der Waals surface area contributed by atoms with Crippen LogP contribution in [0.4, 0.5) is 0 Å². The highest BCUT2D eigenvalue weighted by atomic mass is 32.2. The Morgan fingerprint density at radius 3 is 2.71 bits per heavy atom. The molecule has 0 atom stereocenters. The van der Waals surface area contributed by atoms with E-state index in [2.05, 4.69) is 21.5 Å². The van der Waals surface area contributed by atoms with Gasteiger partial charge in [-0.2, -0.15) is 8.42 Å². The molecule has 1 aromatic carbocycles. The summed E-state index contributed by atoms with van der Waals surface area (Å²) in [6, 6.07) is 7.10. The maximum Gasteiger partial charge on any atom is 0.285 e. The number of benzene rings is 1. The van der Waals surface area contributed by atoms with Crippen LogP contribution in [-0.2, 0) is 10.0 Å². The second-order valence-corrected chi connectivity index (χ2v) is 7.20. The number of piperidine rings is 1. The van der Waals surface area contributed by atoms with Crippen molar-refractivity contribution in [2.75, 3.05) is 26.2 Å². The van der Waals surface area contributed by atoms with Crippen molar-refractivity contribution in [1.82, 2.24) is 10.2 Å². The number of hydrogen-bond acceptors (Lipinski definition) is 4. The summed E-state index contributed by atoms with van der Waals surface area (Å²) in [5.74, 6) is 1.31. The van der Waals surface area contributed by atoms with Crippen LogP contribution in [0.15, 0.2) is 33.6 Å². The molecule has 1 N–H and O–H groups in total. The minimum absolute atomic E-state index is 0.342. The van der Waals surface area contributed by atoms with Crippen molar-refractivity contribution in [2.45, 2.75) is 24.7 Å². The molecule has 1 saturated heterocycles. The van der Waals surface area contributed by atoms with Crippen LogP contribution in [-0.4, -0.2) is 45.3 Å². The molecule has 0 amide bonds. The summed E-state index contributed by atoms with van der Waals surface area (Å²) in [7, 11) is -3.50. The van der Waals surface area contributed by atoms with Crippen LogP contribution < -0.4 is 5.32 Å². The van der Waals surface area contributed by atoms with Gasteiger partial charge in [0.1, 0.15) is 4.90 Å². The van der Waals surface area contributed by atoms with Crippen molar-refractivity contribution in [2.24, 2.45) is 10.3 Å². The SMILES string of the molecule is CCNCC1CCN(C2=NS(=O)(=O)c3ccccc32)CC1. The van der Waals surface area contributed by atoms with Crippen molar-refractivity contribution in [3.8, 4) is 0 Å². The highest BCUT2D eigenvalue weighted by Gasteiger charge is 2.33. The molecule has 5 nitrogen and oxygen atoms in total. The van der Waals surface area contributed by atoms with E-state index in [1.165, 1.54) is 0 Å². The first-order valence-electron chi connectivity index (χ1n) is 7.52. The fraction of sp³-hybridized carbons (Fsp3) is 0.533. The van der Waals surface area contributed by atoms with Crippen LogP contribution in [0, 0.1) is 5.92 Å². The first-order chi connectivity index (χ1) is 10.1. The maximum atomic E-state index is 12.1. The molecule has 0 aliphatic carbocycles. The number of nitrogens with zero attached hydrogens (tertiary/aromatic N) is 2. The van der Waals surface area contributed by atoms with Gasteiger partial charge in [0.15, 0.2) is 5.84 Å². The normalized spacial score (nSPS) is 21.2. The van der Waals surface area contributed by atoms with E-state index in [1.807, 2.05) is 12.1 Å². The number of likely N-dealkylation sites (tertiary alicyclic amines) is 1. The van der Waals surface area contributed by atoms with Gasteiger partial charge in [0.2, 0.25) is 0 Å². The topological polar surface area (TPSA) is 61.8 Å². The third-order valence-electron chi connectivity index (χ3n) is 4.21. The highest BCUT2D eigenvalue weighted by molar-refractivity contribution is 7.90. The van der Waals surface area contributed by atoms with E-state index < -0.39 is 10.0 Å². The van der Waals surface area contributed by atoms with Gasteiger partial charge in [0, 0.05) is 18.7 Å². The van der Waals surface area contributed by atoms with Gasteiger partial charge in [-0.1, -0.05) is 19.1 Å². The standard InChI is InChI=1S/C15H21N3O2S/c1-2-16-11-12-7-9-18(10-8-12)15-13-5-3-4-6-14(13)21(19,20)17-15/h3-6,12,16H,2,7-11H2,1H3. The Balaban J connectivity index is 1.75. The Hall–Kier alpha value is -1.40. The smallest absolute Gasteiger partial charge is 0.285 e. The van der Waals surface area contributed by atoms with E-state index in [0.29, 0.717) is 16.6 Å². The molecule has 21 heavy (non-hydrogen) atoms. The Kier molecular flexibility index (Phi) is 3.99. The molecule has 0 saturated carbocycles. The van der Waals surface area contributed by atoms with E-state index in [1.54, 1.807) is 12.1 Å². The fourth-order valence-corrected chi connectivity index (χ4v) is 4.24. The Labute approximate surface area is 126 Å². The zero-order chi connectivity index (χ0) is 14.9. The van der Waals surface area contributed by atoms with Gasteiger partial charge in [-0.25, -0.2) is 0 Å². The summed E-state index contributed by atoms with van der Waals surface area (Å²) in [6.07, 6.45) is 2.16. The number of sulfonamides is 1. The summed E-state index contributed by atoms with van der Waals surface area (Å²) in [4.78, 5) is 2.46. The molecule has 0 spiro atoms. The number of rotatable bonds is 3. The van der Waals surface area contributed by atoms with E-state index >= 15 is 0 Å². The number of fused-ring (bicyclic) bond motifs is 1. The van der Waals surface area contributed by atoms with E-state index in [0.717, 1.165) is 44.6 Å². The number of nitrogens with one attached hydrogen (secondary N) is 1. The van der Waals surface area contributed by atoms with E-state index in [9.17, 15) is 8.42 Å². The summed E-state index contributed by atoms with van der Waals surface area (Å²) >= 11 is 0. The molecule has 0 unspecified atom stereocenters. The van der Waals surface area contributed by atoms with E-state index in [4.69, 9.17) is 0 Å². The lowest BCUT2D eigenvalue weighted by Crippen LogP contribution is -2.40. The summed E-state index contributed by atoms with van der Waals surface area (Å²) in [6.45, 7) is 5.91. The monoisotopic (exact) mass is 307 g/mol. The predicted molar refractivity (Wildman–Crippen MR) is 83.0 cm³/mol. The lowest BCUT2D eigenvalue weighted by atomic mass is 9.96. The van der Waals surface area contributed by atoms with Gasteiger partial charge in [-0.05, 0) is 44.0 Å². The molecule has 0 radical (unpaired) electrons. The lowest BCUT2D eigenvalue weighted by molar-refractivity contribution is 0.262. The van der Waals surface area contributed by atoms with Crippen molar-refractivity contribution in [3.05, 3.63) is 29.8 Å². The van der Waals surface area contributed by atoms with Crippen molar-refractivity contribution < 1.29 is 8.42 Å². The largest absolute Gasteiger partial charge is 0.355 e. The predicted octanol–water partition coefficient (Wildman–Crippen LogP) is 1.46. The minimum atomic E-state index is -3.50. The molecule has 114 valence electrons. The zero-order valence-corrected chi connectivity index (χ0v) is 13.1. The molecular weight excluding hydrogens is 286 g/mol. The Bertz CT molecular complexity index is 647. The van der Waals surface area contributed by atoms with Gasteiger partial charge < -0.3 is 10.2 Å². The first kappa shape index (κ1) is 14.5. The second-order valence-electron chi connectivity index (χ2n) is 5.62. The average molecular weight is 307 g/mol. The third kappa shape index (κ3) is 2.82. The molecular formula is C15H21N3O2S. The van der Waals surface area contributed by atoms with Gasteiger partial charge >= 0.3 is 0 Å². The third-order valence-corrected chi connectivity index (χ3v) is 5.53. The number of hydrogen-bond donors (Lipinski definition) is 1. The molecule has 2 heterocycles. The molecule has 1 aromatic rings. The van der Waals surface area contributed by atoms with Crippen LogP contribution in [0.1, 0.15) is 25.3 Å². The molecule has 0 aromatic heterocycles. The van der Waals surface area contributed by atoms with Crippen molar-refractivity contribution in [1.29, 1.82) is 0 Å². The van der Waals surface area contributed by atoms with E-state index in [-0.39, 0.29) is 0 Å². The lowest BCUT2D eigenvalue weighted by Gasteiger charge is -2.33. The fourth-order valence-electron chi connectivity index (χ4n) is 3.01. The van der Waals surface area contributed by atoms with Crippen LogP contribution in [0.25, 0.3) is 0 Å². The highest BCUT2D eigenvalue weighted by Crippen LogP contribution is 2.29. The minimum Gasteiger partial charge on any atom is -0.355 e. The van der Waals surface area contributed by atoms with Crippen LogP contribution in [0.3, 0.4) is 0 Å².